The van der Waals surface area contributed by atoms with Crippen molar-refractivity contribution in [2.24, 2.45) is 0 Å². The minimum atomic E-state index is -3.76. The summed E-state index contributed by atoms with van der Waals surface area (Å²) in [5, 5.41) is 2.78. The van der Waals surface area contributed by atoms with Gasteiger partial charge in [-0.25, -0.2) is 17.2 Å². The van der Waals surface area contributed by atoms with E-state index in [0.717, 1.165) is 18.2 Å². The molecule has 2 aromatic rings. The summed E-state index contributed by atoms with van der Waals surface area (Å²) in [6.45, 7) is 2.53. The Morgan fingerprint density at radius 3 is 2.33 bits per heavy atom. The fraction of sp³-hybridized carbons (Fsp3) is 0.316. The summed E-state index contributed by atoms with van der Waals surface area (Å²) in [5.41, 5.74) is -0.243. The molecule has 0 aliphatic carbocycles. The van der Waals surface area contributed by atoms with Crippen molar-refractivity contribution in [1.82, 2.24) is 9.21 Å². The molecule has 1 aliphatic rings. The molecule has 162 valence electrons. The Labute approximate surface area is 183 Å². The Morgan fingerprint density at radius 1 is 1.03 bits per heavy atom. The zero-order chi connectivity index (χ0) is 22.1. The zero-order valence-electron chi connectivity index (χ0n) is 15.9. The number of nitrogens with zero attached hydrogens (tertiary/aromatic N) is 2. The highest BCUT2D eigenvalue weighted by molar-refractivity contribution is 7.89. The van der Waals surface area contributed by atoms with E-state index in [-0.39, 0.29) is 33.7 Å². The summed E-state index contributed by atoms with van der Waals surface area (Å²) in [6, 6.07) is 6.24. The van der Waals surface area contributed by atoms with Crippen molar-refractivity contribution in [1.29, 1.82) is 0 Å². The summed E-state index contributed by atoms with van der Waals surface area (Å²) in [6.07, 6.45) is 0. The summed E-state index contributed by atoms with van der Waals surface area (Å²) in [5.74, 6) is -1.92. The van der Waals surface area contributed by atoms with Gasteiger partial charge in [-0.3, -0.25) is 9.69 Å². The molecular formula is C19H19Cl2F2N3O3S. The number of nitrogens with one attached hydrogen (secondary N) is 1. The zero-order valence-corrected chi connectivity index (χ0v) is 18.2. The molecule has 30 heavy (non-hydrogen) atoms. The van der Waals surface area contributed by atoms with Crippen LogP contribution in [0.15, 0.2) is 41.3 Å². The third kappa shape index (κ3) is 4.92. The van der Waals surface area contributed by atoms with Gasteiger partial charge in [0.05, 0.1) is 26.7 Å². The molecule has 1 atom stereocenters. The maximum absolute atomic E-state index is 13.7. The van der Waals surface area contributed by atoms with Crippen LogP contribution < -0.4 is 5.32 Å². The van der Waals surface area contributed by atoms with Gasteiger partial charge in [-0.2, -0.15) is 4.31 Å². The van der Waals surface area contributed by atoms with Gasteiger partial charge in [-0.15, -0.1) is 0 Å². The summed E-state index contributed by atoms with van der Waals surface area (Å²) in [4.78, 5) is 14.3. The number of piperazine rings is 1. The molecule has 1 heterocycles. The second-order valence-corrected chi connectivity index (χ2v) is 9.56. The van der Waals surface area contributed by atoms with Crippen molar-refractivity contribution < 1.29 is 22.0 Å². The first-order valence-electron chi connectivity index (χ1n) is 9.05. The highest BCUT2D eigenvalue weighted by Gasteiger charge is 2.32. The van der Waals surface area contributed by atoms with Crippen LogP contribution in [0.25, 0.3) is 0 Å². The van der Waals surface area contributed by atoms with Gasteiger partial charge in [0.15, 0.2) is 0 Å². The van der Waals surface area contributed by atoms with Crippen molar-refractivity contribution >= 4 is 44.8 Å². The van der Waals surface area contributed by atoms with Crippen molar-refractivity contribution in [2.45, 2.75) is 17.9 Å². The molecule has 3 rings (SSSR count). The Morgan fingerprint density at radius 2 is 1.70 bits per heavy atom. The van der Waals surface area contributed by atoms with Crippen molar-refractivity contribution in [3.05, 3.63) is 58.1 Å². The minimum absolute atomic E-state index is 0.0396. The van der Waals surface area contributed by atoms with Crippen molar-refractivity contribution in [2.75, 3.05) is 31.5 Å². The van der Waals surface area contributed by atoms with E-state index in [0.29, 0.717) is 13.1 Å². The molecule has 6 nitrogen and oxygen atoms in total. The predicted octanol–water partition coefficient (Wildman–Crippen LogP) is 3.61. The number of amides is 1. The fourth-order valence-electron chi connectivity index (χ4n) is 3.11. The number of rotatable bonds is 5. The molecule has 1 saturated heterocycles. The van der Waals surface area contributed by atoms with E-state index < -0.39 is 33.6 Å². The number of anilines is 1. The topological polar surface area (TPSA) is 69.7 Å². The van der Waals surface area contributed by atoms with E-state index in [2.05, 4.69) is 5.32 Å². The average molecular weight is 478 g/mol. The number of sulfonamides is 1. The predicted molar refractivity (Wildman–Crippen MR) is 111 cm³/mol. The van der Waals surface area contributed by atoms with E-state index in [1.807, 2.05) is 0 Å². The van der Waals surface area contributed by atoms with E-state index in [9.17, 15) is 22.0 Å². The van der Waals surface area contributed by atoms with E-state index in [4.69, 9.17) is 23.2 Å². The molecule has 0 spiro atoms. The van der Waals surface area contributed by atoms with Gasteiger partial charge in [0, 0.05) is 32.2 Å². The molecular weight excluding hydrogens is 459 g/mol. The maximum Gasteiger partial charge on any atom is 0.243 e. The molecule has 0 saturated carbocycles. The van der Waals surface area contributed by atoms with Gasteiger partial charge in [-0.1, -0.05) is 23.2 Å². The van der Waals surface area contributed by atoms with Crippen LogP contribution in [0.1, 0.15) is 6.92 Å². The number of carbonyl (C=O) groups excluding carboxylic acids is 1. The molecule has 11 heteroatoms. The molecule has 0 bridgehead atoms. The molecule has 1 N–H and O–H groups in total. The van der Waals surface area contributed by atoms with Crippen LogP contribution in [0, 0.1) is 11.6 Å². The average Bonchev–Trinajstić information content (AvgIpc) is 2.72. The van der Waals surface area contributed by atoms with Gasteiger partial charge in [0.1, 0.15) is 11.6 Å². The first kappa shape index (κ1) is 22.9. The lowest BCUT2D eigenvalue weighted by molar-refractivity contribution is -0.121. The molecule has 1 fully saturated rings. The van der Waals surface area contributed by atoms with Crippen LogP contribution in [0.2, 0.25) is 10.0 Å². The Hall–Kier alpha value is -1.78. The van der Waals surface area contributed by atoms with Crippen LogP contribution in [-0.4, -0.2) is 55.8 Å². The number of carbonyl (C=O) groups is 1. The Balaban J connectivity index is 1.63. The van der Waals surface area contributed by atoms with E-state index in [1.165, 1.54) is 22.5 Å². The second-order valence-electron chi connectivity index (χ2n) is 6.81. The largest absolute Gasteiger partial charge is 0.322 e. The lowest BCUT2D eigenvalue weighted by Gasteiger charge is -2.36. The minimum Gasteiger partial charge on any atom is -0.322 e. The van der Waals surface area contributed by atoms with Crippen LogP contribution in [-0.2, 0) is 14.8 Å². The molecule has 2 aromatic carbocycles. The van der Waals surface area contributed by atoms with Gasteiger partial charge in [-0.05, 0) is 37.3 Å². The first-order valence-corrected chi connectivity index (χ1v) is 11.2. The summed E-state index contributed by atoms with van der Waals surface area (Å²) < 4.78 is 54.0. The Bertz CT molecular complexity index is 1060. The molecule has 0 radical (unpaired) electrons. The Kier molecular flexibility index (Phi) is 6.98. The van der Waals surface area contributed by atoms with Crippen LogP contribution in [0.5, 0.6) is 0 Å². The van der Waals surface area contributed by atoms with Gasteiger partial charge in [0.2, 0.25) is 15.9 Å². The monoisotopic (exact) mass is 477 g/mol. The normalized spacial score (nSPS) is 17.0. The van der Waals surface area contributed by atoms with Gasteiger partial charge >= 0.3 is 0 Å². The van der Waals surface area contributed by atoms with Crippen LogP contribution in [0.4, 0.5) is 14.5 Å². The van der Waals surface area contributed by atoms with Crippen LogP contribution in [0.3, 0.4) is 0 Å². The maximum atomic E-state index is 13.7. The lowest BCUT2D eigenvalue weighted by atomic mass is 10.2. The molecule has 1 amide bonds. The standard InChI is InChI=1S/C19H19Cl2F2N3O3S/c1-12(19(27)24-18-10-13(22)2-5-17(18)23)25-6-8-26(9-7-25)30(28,29)14-3-4-15(20)16(21)11-14/h2-5,10-12H,6-9H2,1H3,(H,24,27). The lowest BCUT2D eigenvalue weighted by Crippen LogP contribution is -2.53. The van der Waals surface area contributed by atoms with Gasteiger partial charge < -0.3 is 5.32 Å². The highest BCUT2D eigenvalue weighted by Crippen LogP contribution is 2.27. The van der Waals surface area contributed by atoms with E-state index in [1.54, 1.807) is 11.8 Å². The van der Waals surface area contributed by atoms with Crippen LogP contribution >= 0.6 is 23.2 Å². The SMILES string of the molecule is CC(C(=O)Nc1cc(F)ccc1F)N1CCN(S(=O)(=O)c2ccc(Cl)c(Cl)c2)CC1. The third-order valence-electron chi connectivity index (χ3n) is 4.92. The smallest absolute Gasteiger partial charge is 0.243 e. The fourth-order valence-corrected chi connectivity index (χ4v) is 4.93. The van der Waals surface area contributed by atoms with Crippen molar-refractivity contribution in [3.8, 4) is 0 Å². The second kappa shape index (κ2) is 9.15. The third-order valence-corrected chi connectivity index (χ3v) is 7.55. The van der Waals surface area contributed by atoms with E-state index >= 15 is 0 Å². The number of halogens is 4. The molecule has 1 unspecified atom stereocenters. The summed E-state index contributed by atoms with van der Waals surface area (Å²) >= 11 is 11.8. The number of hydrogen-bond acceptors (Lipinski definition) is 4. The molecule has 1 aliphatic heterocycles. The van der Waals surface area contributed by atoms with Crippen molar-refractivity contribution in [3.63, 3.8) is 0 Å². The summed E-state index contributed by atoms with van der Waals surface area (Å²) in [7, 11) is -3.76. The highest BCUT2D eigenvalue weighted by atomic mass is 35.5. The quantitative estimate of drug-likeness (QED) is 0.713. The first-order chi connectivity index (χ1) is 14.1. The molecule has 0 aromatic heterocycles. The van der Waals surface area contributed by atoms with Gasteiger partial charge in [0.25, 0.3) is 0 Å². The number of benzene rings is 2. The number of hydrogen-bond donors (Lipinski definition) is 1.